The van der Waals surface area contributed by atoms with Crippen LogP contribution in [0.25, 0.3) is 0 Å². The molecule has 1 aliphatic rings. The Morgan fingerprint density at radius 3 is 2.61 bits per heavy atom. The van der Waals surface area contributed by atoms with E-state index in [0.29, 0.717) is 5.69 Å². The molecule has 0 aliphatic carbocycles. The van der Waals surface area contributed by atoms with E-state index >= 15 is 0 Å². The highest BCUT2D eigenvalue weighted by Crippen LogP contribution is 2.20. The maximum Gasteiger partial charge on any atom is 0.149 e. The number of rotatable bonds is 5. The Kier molecular flexibility index (Phi) is 4.92. The molecule has 1 aliphatic heterocycles. The van der Waals surface area contributed by atoms with E-state index in [9.17, 15) is 0 Å². The van der Waals surface area contributed by atoms with Crippen molar-refractivity contribution in [2.75, 3.05) is 55.7 Å². The van der Waals surface area contributed by atoms with Gasteiger partial charge in [-0.15, -0.1) is 0 Å². The Bertz CT molecular complexity index is 636. The Balaban J connectivity index is 1.63. The van der Waals surface area contributed by atoms with Gasteiger partial charge < -0.3 is 20.9 Å². The lowest BCUT2D eigenvalue weighted by molar-refractivity contribution is 0.312. The van der Waals surface area contributed by atoms with Crippen LogP contribution in [0.4, 0.5) is 17.2 Å². The number of hydrogen-bond donors (Lipinski definition) is 2. The van der Waals surface area contributed by atoms with Crippen molar-refractivity contribution in [1.82, 2.24) is 14.9 Å². The van der Waals surface area contributed by atoms with Gasteiger partial charge in [-0.25, -0.2) is 4.98 Å². The molecule has 0 spiro atoms. The van der Waals surface area contributed by atoms with Gasteiger partial charge in [-0.05, 0) is 31.3 Å². The van der Waals surface area contributed by atoms with Crippen LogP contribution in [0.1, 0.15) is 5.69 Å². The summed E-state index contributed by atoms with van der Waals surface area (Å²) in [5.41, 5.74) is 8.95. The summed E-state index contributed by atoms with van der Waals surface area (Å²) in [4.78, 5) is 13.6. The molecule has 6 heteroatoms. The number of pyridine rings is 2. The Morgan fingerprint density at radius 1 is 1.09 bits per heavy atom. The molecule has 3 rings (SSSR count). The molecular weight excluding hydrogens is 288 g/mol. The zero-order valence-electron chi connectivity index (χ0n) is 13.6. The number of anilines is 3. The van der Waals surface area contributed by atoms with Gasteiger partial charge in [0.05, 0.1) is 17.1 Å². The number of nitrogens with one attached hydrogen (secondary N) is 1. The molecule has 1 saturated heterocycles. The minimum Gasteiger partial charge on any atom is -0.396 e. The molecule has 0 amide bonds. The number of aromatic nitrogens is 2. The van der Waals surface area contributed by atoms with E-state index in [1.807, 2.05) is 24.4 Å². The van der Waals surface area contributed by atoms with E-state index in [1.165, 1.54) is 5.69 Å². The molecule has 6 nitrogen and oxygen atoms in total. The van der Waals surface area contributed by atoms with Gasteiger partial charge in [-0.1, -0.05) is 0 Å². The molecule has 1 fully saturated rings. The van der Waals surface area contributed by atoms with Crippen molar-refractivity contribution in [3.63, 3.8) is 0 Å². The van der Waals surface area contributed by atoms with Crippen molar-refractivity contribution in [3.05, 3.63) is 42.4 Å². The second-order valence-electron chi connectivity index (χ2n) is 5.88. The minimum absolute atomic E-state index is 0.674. The highest BCUT2D eigenvalue weighted by Gasteiger charge is 2.17. The maximum atomic E-state index is 5.91. The van der Waals surface area contributed by atoms with E-state index in [-0.39, 0.29) is 0 Å². The Morgan fingerprint density at radius 2 is 1.83 bits per heavy atom. The lowest BCUT2D eigenvalue weighted by Gasteiger charge is -2.34. The standard InChI is InChI=1S/C17H24N6/c1-22-10-12-23(13-11-22)16-5-3-7-19-15(16)6-9-21-17-14(18)4-2-8-20-17/h2-5,7-8H,6,9-13,18H2,1H3,(H,20,21). The molecule has 0 saturated carbocycles. The van der Waals surface area contributed by atoms with Gasteiger partial charge >= 0.3 is 0 Å². The van der Waals surface area contributed by atoms with Crippen molar-refractivity contribution in [3.8, 4) is 0 Å². The summed E-state index contributed by atoms with van der Waals surface area (Å²) >= 11 is 0. The number of likely N-dealkylation sites (N-methyl/N-ethyl adjacent to an activating group) is 1. The van der Waals surface area contributed by atoms with Gasteiger partial charge in [0, 0.05) is 51.5 Å². The first-order valence-corrected chi connectivity index (χ1v) is 8.06. The maximum absolute atomic E-state index is 5.91. The summed E-state index contributed by atoms with van der Waals surface area (Å²) in [6.45, 7) is 5.05. The van der Waals surface area contributed by atoms with Crippen molar-refractivity contribution in [2.24, 2.45) is 0 Å². The van der Waals surface area contributed by atoms with Gasteiger partial charge in [0.15, 0.2) is 0 Å². The van der Waals surface area contributed by atoms with Crippen LogP contribution in [0.2, 0.25) is 0 Å². The third-order valence-electron chi connectivity index (χ3n) is 4.20. The topological polar surface area (TPSA) is 70.3 Å². The van der Waals surface area contributed by atoms with Gasteiger partial charge in [-0.3, -0.25) is 4.98 Å². The van der Waals surface area contributed by atoms with Crippen LogP contribution in [0.15, 0.2) is 36.7 Å². The largest absolute Gasteiger partial charge is 0.396 e. The van der Waals surface area contributed by atoms with Crippen LogP contribution >= 0.6 is 0 Å². The molecule has 2 aromatic rings. The van der Waals surface area contributed by atoms with Crippen molar-refractivity contribution < 1.29 is 0 Å². The van der Waals surface area contributed by atoms with Gasteiger partial charge in [0.25, 0.3) is 0 Å². The molecular formula is C17H24N6. The zero-order valence-corrected chi connectivity index (χ0v) is 13.6. The molecule has 0 atom stereocenters. The third-order valence-corrected chi connectivity index (χ3v) is 4.20. The fourth-order valence-corrected chi connectivity index (χ4v) is 2.82. The predicted molar refractivity (Wildman–Crippen MR) is 94.8 cm³/mol. The van der Waals surface area contributed by atoms with Crippen LogP contribution < -0.4 is 16.0 Å². The molecule has 2 aromatic heterocycles. The van der Waals surface area contributed by atoms with Crippen molar-refractivity contribution in [2.45, 2.75) is 6.42 Å². The van der Waals surface area contributed by atoms with Crippen LogP contribution in [0, 0.1) is 0 Å². The Labute approximate surface area is 137 Å². The van der Waals surface area contributed by atoms with E-state index < -0.39 is 0 Å². The smallest absolute Gasteiger partial charge is 0.149 e. The number of nitrogen functional groups attached to an aromatic ring is 1. The molecule has 0 bridgehead atoms. The second kappa shape index (κ2) is 7.28. The molecule has 0 radical (unpaired) electrons. The molecule has 0 aromatic carbocycles. The van der Waals surface area contributed by atoms with Crippen LogP contribution in [0.3, 0.4) is 0 Å². The second-order valence-corrected chi connectivity index (χ2v) is 5.88. The zero-order chi connectivity index (χ0) is 16.1. The lowest BCUT2D eigenvalue weighted by Crippen LogP contribution is -2.44. The normalized spacial score (nSPS) is 15.6. The quantitative estimate of drug-likeness (QED) is 0.871. The fourth-order valence-electron chi connectivity index (χ4n) is 2.82. The summed E-state index contributed by atoms with van der Waals surface area (Å²) in [7, 11) is 2.17. The number of hydrogen-bond acceptors (Lipinski definition) is 6. The van der Waals surface area contributed by atoms with Gasteiger partial charge in [0.2, 0.25) is 0 Å². The average Bonchev–Trinajstić information content (AvgIpc) is 2.58. The van der Waals surface area contributed by atoms with Gasteiger partial charge in [0.1, 0.15) is 5.82 Å². The first kappa shape index (κ1) is 15.6. The van der Waals surface area contributed by atoms with E-state index in [4.69, 9.17) is 5.73 Å². The summed E-state index contributed by atoms with van der Waals surface area (Å²) < 4.78 is 0. The lowest BCUT2D eigenvalue weighted by atomic mass is 10.2. The number of piperazine rings is 1. The van der Waals surface area contributed by atoms with Gasteiger partial charge in [-0.2, -0.15) is 0 Å². The fraction of sp³-hybridized carbons (Fsp3) is 0.412. The summed E-state index contributed by atoms with van der Waals surface area (Å²) in [6.07, 6.45) is 4.46. The predicted octanol–water partition coefficient (Wildman–Crippen LogP) is 1.47. The van der Waals surface area contributed by atoms with E-state index in [2.05, 4.69) is 38.2 Å². The van der Waals surface area contributed by atoms with E-state index in [1.54, 1.807) is 6.20 Å². The summed E-state index contributed by atoms with van der Waals surface area (Å²) in [5, 5.41) is 3.30. The first-order chi connectivity index (χ1) is 11.2. The number of nitrogens with two attached hydrogens (primary N) is 1. The number of nitrogens with zero attached hydrogens (tertiary/aromatic N) is 4. The van der Waals surface area contributed by atoms with Crippen molar-refractivity contribution in [1.29, 1.82) is 0 Å². The molecule has 122 valence electrons. The molecule has 3 heterocycles. The minimum atomic E-state index is 0.674. The first-order valence-electron chi connectivity index (χ1n) is 8.06. The van der Waals surface area contributed by atoms with Crippen molar-refractivity contribution >= 4 is 17.2 Å². The highest BCUT2D eigenvalue weighted by molar-refractivity contribution is 5.60. The SMILES string of the molecule is CN1CCN(c2cccnc2CCNc2ncccc2N)CC1. The van der Waals surface area contributed by atoms with Crippen LogP contribution in [-0.2, 0) is 6.42 Å². The Hall–Kier alpha value is -2.34. The summed E-state index contributed by atoms with van der Waals surface area (Å²) in [5.74, 6) is 0.740. The van der Waals surface area contributed by atoms with Crippen LogP contribution in [-0.4, -0.2) is 54.6 Å². The molecule has 23 heavy (non-hydrogen) atoms. The monoisotopic (exact) mass is 312 g/mol. The third kappa shape index (κ3) is 3.90. The van der Waals surface area contributed by atoms with Crippen LogP contribution in [0.5, 0.6) is 0 Å². The molecule has 0 unspecified atom stereocenters. The highest BCUT2D eigenvalue weighted by atomic mass is 15.3. The molecule has 3 N–H and O–H groups in total. The summed E-state index contributed by atoms with van der Waals surface area (Å²) in [6, 6.07) is 7.88. The van der Waals surface area contributed by atoms with E-state index in [0.717, 1.165) is 50.7 Å². The average molecular weight is 312 g/mol.